The van der Waals surface area contributed by atoms with Gasteiger partial charge in [0, 0.05) is 44.2 Å². The van der Waals surface area contributed by atoms with Gasteiger partial charge in [-0.15, -0.1) is 0 Å². The molecule has 1 amide bonds. The van der Waals surface area contributed by atoms with Crippen LogP contribution in [0.3, 0.4) is 0 Å². The zero-order valence-electron chi connectivity index (χ0n) is 16.0. The topological polar surface area (TPSA) is 86.8 Å². The highest BCUT2D eigenvalue weighted by Crippen LogP contribution is 2.32. The van der Waals surface area contributed by atoms with Crippen LogP contribution in [0.25, 0.3) is 5.65 Å². The van der Waals surface area contributed by atoms with Gasteiger partial charge in [-0.1, -0.05) is 0 Å². The third-order valence-electron chi connectivity index (χ3n) is 4.96. The first-order chi connectivity index (χ1) is 12.9. The van der Waals surface area contributed by atoms with Crippen LogP contribution in [-0.2, 0) is 17.6 Å². The number of ether oxygens (including phenoxy) is 1. The third-order valence-corrected chi connectivity index (χ3v) is 4.96. The number of aromatic nitrogens is 3. The second-order valence-electron chi connectivity index (χ2n) is 8.16. The van der Waals surface area contributed by atoms with E-state index >= 15 is 0 Å². The Hall–Kier alpha value is -2.82. The summed E-state index contributed by atoms with van der Waals surface area (Å²) in [6.07, 6.45) is 2.84. The van der Waals surface area contributed by atoms with Crippen LogP contribution in [0.4, 0.5) is 10.6 Å². The fourth-order valence-electron chi connectivity index (χ4n) is 3.64. The maximum absolute atomic E-state index is 12.5. The first-order valence-corrected chi connectivity index (χ1v) is 9.34. The number of nitriles is 1. The van der Waals surface area contributed by atoms with Gasteiger partial charge in [-0.05, 0) is 27.2 Å². The largest absolute Gasteiger partial charge is 0.444 e. The van der Waals surface area contributed by atoms with Gasteiger partial charge in [0.25, 0.3) is 0 Å². The first-order valence-electron chi connectivity index (χ1n) is 9.34. The van der Waals surface area contributed by atoms with Crippen LogP contribution >= 0.6 is 0 Å². The van der Waals surface area contributed by atoms with Gasteiger partial charge in [-0.25, -0.2) is 9.78 Å². The van der Waals surface area contributed by atoms with Crippen molar-refractivity contribution in [2.75, 3.05) is 31.1 Å². The molecule has 0 aliphatic carbocycles. The van der Waals surface area contributed by atoms with E-state index in [1.807, 2.05) is 31.4 Å². The summed E-state index contributed by atoms with van der Waals surface area (Å²) in [6.45, 7) is 8.21. The van der Waals surface area contributed by atoms with Crippen LogP contribution in [0.1, 0.15) is 32.0 Å². The van der Waals surface area contributed by atoms with Gasteiger partial charge in [0.1, 0.15) is 11.4 Å². The first kappa shape index (κ1) is 17.6. The van der Waals surface area contributed by atoms with Gasteiger partial charge < -0.3 is 14.5 Å². The van der Waals surface area contributed by atoms with E-state index in [2.05, 4.69) is 16.1 Å². The Bertz CT molecular complexity index is 917. The molecule has 27 heavy (non-hydrogen) atoms. The molecule has 0 saturated carbocycles. The number of carbonyl (C=O) groups excluding carboxylic acids is 1. The second kappa shape index (κ2) is 6.41. The van der Waals surface area contributed by atoms with Crippen LogP contribution in [0.2, 0.25) is 0 Å². The van der Waals surface area contributed by atoms with Gasteiger partial charge in [0.05, 0.1) is 23.9 Å². The summed E-state index contributed by atoms with van der Waals surface area (Å²) in [6, 6.07) is 4.21. The molecule has 4 heterocycles. The number of rotatable bonds is 1. The molecule has 0 bridgehead atoms. The average molecular weight is 368 g/mol. The molecule has 1 fully saturated rings. The van der Waals surface area contributed by atoms with E-state index in [0.29, 0.717) is 39.0 Å². The molecule has 2 aliphatic heterocycles. The summed E-state index contributed by atoms with van der Waals surface area (Å²) in [4.78, 5) is 21.2. The highest BCUT2D eigenvalue weighted by Gasteiger charge is 2.33. The van der Waals surface area contributed by atoms with E-state index in [1.54, 1.807) is 11.1 Å². The van der Waals surface area contributed by atoms with Crippen molar-refractivity contribution in [2.45, 2.75) is 39.2 Å². The Balaban J connectivity index is 1.63. The van der Waals surface area contributed by atoms with Crippen molar-refractivity contribution in [3.63, 3.8) is 0 Å². The zero-order chi connectivity index (χ0) is 19.2. The minimum atomic E-state index is -0.510. The van der Waals surface area contributed by atoms with Crippen molar-refractivity contribution in [2.24, 2.45) is 5.92 Å². The van der Waals surface area contributed by atoms with Crippen LogP contribution in [0.5, 0.6) is 0 Å². The highest BCUT2D eigenvalue weighted by atomic mass is 16.6. The summed E-state index contributed by atoms with van der Waals surface area (Å²) in [7, 11) is 0. The number of nitrogens with zero attached hydrogens (tertiary/aromatic N) is 6. The lowest BCUT2D eigenvalue weighted by Gasteiger charge is -2.38. The predicted octanol–water partition coefficient (Wildman–Crippen LogP) is 2.02. The van der Waals surface area contributed by atoms with E-state index < -0.39 is 5.60 Å². The number of fused-ring (bicyclic) bond motifs is 2. The molecule has 8 heteroatoms. The number of carbonyl (C=O) groups is 1. The fourth-order valence-corrected chi connectivity index (χ4v) is 3.64. The lowest BCUT2D eigenvalue weighted by molar-refractivity contribution is 0.0258. The lowest BCUT2D eigenvalue weighted by Crippen LogP contribution is -2.47. The smallest absolute Gasteiger partial charge is 0.410 e. The van der Waals surface area contributed by atoms with Crippen molar-refractivity contribution in [1.29, 1.82) is 5.26 Å². The van der Waals surface area contributed by atoms with Crippen molar-refractivity contribution in [3.8, 4) is 6.07 Å². The Morgan fingerprint density at radius 1 is 1.30 bits per heavy atom. The molecule has 4 rings (SSSR count). The Morgan fingerprint density at radius 2 is 2.04 bits per heavy atom. The molecular formula is C19H24N6O2. The molecule has 2 aliphatic rings. The number of amides is 1. The van der Waals surface area contributed by atoms with E-state index in [4.69, 9.17) is 15.0 Å². The van der Waals surface area contributed by atoms with Gasteiger partial charge >= 0.3 is 6.09 Å². The zero-order valence-corrected chi connectivity index (χ0v) is 16.0. The van der Waals surface area contributed by atoms with Crippen molar-refractivity contribution in [1.82, 2.24) is 19.5 Å². The summed E-state index contributed by atoms with van der Waals surface area (Å²) >= 11 is 0. The van der Waals surface area contributed by atoms with Crippen molar-refractivity contribution >= 4 is 17.6 Å². The molecular weight excluding hydrogens is 344 g/mol. The van der Waals surface area contributed by atoms with Crippen LogP contribution in [0.15, 0.2) is 12.3 Å². The summed E-state index contributed by atoms with van der Waals surface area (Å²) < 4.78 is 7.39. The van der Waals surface area contributed by atoms with E-state index in [1.165, 1.54) is 0 Å². The maximum atomic E-state index is 12.5. The lowest BCUT2D eigenvalue weighted by atomic mass is 10.00. The highest BCUT2D eigenvalue weighted by molar-refractivity contribution is 5.69. The van der Waals surface area contributed by atoms with Gasteiger partial charge in [-0.3, -0.25) is 0 Å². The summed E-state index contributed by atoms with van der Waals surface area (Å²) in [5, 5.41) is 13.6. The number of anilines is 1. The minimum absolute atomic E-state index is 0.0588. The summed E-state index contributed by atoms with van der Waals surface area (Å²) in [5.41, 5.74) is 2.41. The monoisotopic (exact) mass is 368 g/mol. The predicted molar refractivity (Wildman–Crippen MR) is 99.5 cm³/mol. The number of hydrogen-bond acceptors (Lipinski definition) is 6. The quantitative estimate of drug-likeness (QED) is 0.765. The molecule has 2 aromatic rings. The van der Waals surface area contributed by atoms with Crippen LogP contribution in [0, 0.1) is 17.2 Å². The summed E-state index contributed by atoms with van der Waals surface area (Å²) in [5.74, 6) is 1.07. The molecule has 0 spiro atoms. The molecule has 0 unspecified atom stereocenters. The number of hydrogen-bond donors (Lipinski definition) is 0. The van der Waals surface area contributed by atoms with Gasteiger partial charge in [0.15, 0.2) is 5.65 Å². The molecule has 0 radical (unpaired) electrons. The van der Waals surface area contributed by atoms with E-state index in [0.717, 1.165) is 22.7 Å². The molecule has 1 saturated heterocycles. The van der Waals surface area contributed by atoms with E-state index in [9.17, 15) is 4.79 Å². The average Bonchev–Trinajstić information content (AvgIpc) is 2.90. The molecule has 0 N–H and O–H groups in total. The normalized spacial score (nSPS) is 17.9. The Morgan fingerprint density at radius 3 is 2.74 bits per heavy atom. The van der Waals surface area contributed by atoms with E-state index in [-0.39, 0.29) is 12.0 Å². The third kappa shape index (κ3) is 3.29. The molecule has 2 aromatic heterocycles. The molecule has 142 valence electrons. The maximum Gasteiger partial charge on any atom is 0.410 e. The van der Waals surface area contributed by atoms with Crippen LogP contribution < -0.4 is 4.90 Å². The Kier molecular flexibility index (Phi) is 4.17. The molecule has 0 atom stereocenters. The molecule has 8 nitrogen and oxygen atoms in total. The van der Waals surface area contributed by atoms with Crippen molar-refractivity contribution < 1.29 is 9.53 Å². The minimum Gasteiger partial charge on any atom is -0.444 e. The van der Waals surface area contributed by atoms with Crippen molar-refractivity contribution in [3.05, 3.63) is 23.5 Å². The van der Waals surface area contributed by atoms with Crippen LogP contribution in [-0.4, -0.2) is 57.4 Å². The fraction of sp³-hybridized carbons (Fsp3) is 0.579. The second-order valence-corrected chi connectivity index (χ2v) is 8.16. The Labute approximate surface area is 158 Å². The standard InChI is InChI=1S/C19H24N6O2/c1-19(2,3)27-18(26)23-8-5-14-15(6-9-23)22-16-4-7-21-25(16)17(14)24-11-13(10-20)12-24/h4,7,13H,5-6,8-9,11-12H2,1-3H3. The van der Waals surface area contributed by atoms with Gasteiger partial charge in [-0.2, -0.15) is 14.9 Å². The SMILES string of the molecule is CC(C)(C)OC(=O)N1CCc2nc3ccnn3c(N3CC(C#N)C3)c2CC1. The molecule has 0 aromatic carbocycles. The van der Waals surface area contributed by atoms with Gasteiger partial charge in [0.2, 0.25) is 0 Å².